The van der Waals surface area contributed by atoms with Crippen LogP contribution in [0.5, 0.6) is 0 Å². The van der Waals surface area contributed by atoms with Crippen molar-refractivity contribution in [1.29, 1.82) is 0 Å². The van der Waals surface area contributed by atoms with Gasteiger partial charge in [0, 0.05) is 31.1 Å². The molecule has 0 bridgehead atoms. The largest absolute Gasteiger partial charge is 0.422 e. The summed E-state index contributed by atoms with van der Waals surface area (Å²) in [5, 5.41) is 1.01. The SMILES string of the molecule is Cc1ccc2c(CN(C)CCN)cc(=O)oc2c1C. The van der Waals surface area contributed by atoms with Crippen molar-refractivity contribution in [3.05, 3.63) is 45.3 Å². The van der Waals surface area contributed by atoms with E-state index in [-0.39, 0.29) is 5.63 Å². The van der Waals surface area contributed by atoms with E-state index < -0.39 is 0 Å². The first kappa shape index (κ1) is 13.8. The molecule has 0 amide bonds. The lowest BCUT2D eigenvalue weighted by atomic mass is 10.0. The van der Waals surface area contributed by atoms with Gasteiger partial charge in [-0.05, 0) is 37.6 Å². The topological polar surface area (TPSA) is 59.5 Å². The molecule has 0 atom stereocenters. The number of nitrogens with zero attached hydrogens (tertiary/aromatic N) is 1. The average Bonchev–Trinajstić information content (AvgIpc) is 2.34. The molecule has 0 aliphatic rings. The molecular weight excluding hydrogens is 240 g/mol. The van der Waals surface area contributed by atoms with Crippen molar-refractivity contribution in [3.63, 3.8) is 0 Å². The average molecular weight is 260 g/mol. The van der Waals surface area contributed by atoms with Crippen molar-refractivity contribution in [2.24, 2.45) is 5.73 Å². The third kappa shape index (κ3) is 2.85. The van der Waals surface area contributed by atoms with E-state index in [1.54, 1.807) is 6.07 Å². The number of aryl methyl sites for hydroxylation is 2. The Kier molecular flexibility index (Phi) is 4.02. The van der Waals surface area contributed by atoms with Crippen LogP contribution in [-0.4, -0.2) is 25.0 Å². The highest BCUT2D eigenvalue weighted by Gasteiger charge is 2.10. The molecule has 0 fully saturated rings. The Bertz CT molecular complexity index is 646. The van der Waals surface area contributed by atoms with Gasteiger partial charge in [0.15, 0.2) is 0 Å². The first-order valence-electron chi connectivity index (χ1n) is 6.44. The van der Waals surface area contributed by atoms with E-state index in [4.69, 9.17) is 10.2 Å². The zero-order chi connectivity index (χ0) is 14.0. The second-order valence-electron chi connectivity index (χ2n) is 5.00. The first-order chi connectivity index (χ1) is 9.02. The number of benzene rings is 1. The van der Waals surface area contributed by atoms with Gasteiger partial charge in [0.25, 0.3) is 0 Å². The fraction of sp³-hybridized carbons (Fsp3) is 0.400. The van der Waals surface area contributed by atoms with Gasteiger partial charge < -0.3 is 15.1 Å². The van der Waals surface area contributed by atoms with Gasteiger partial charge in [-0.3, -0.25) is 0 Å². The standard InChI is InChI=1S/C15H20N2O2/c1-10-4-5-13-12(9-17(3)7-6-16)8-14(18)19-15(13)11(10)2/h4-5,8H,6-7,9,16H2,1-3H3. The molecule has 1 aromatic heterocycles. The maximum Gasteiger partial charge on any atom is 0.336 e. The molecule has 4 heteroatoms. The van der Waals surface area contributed by atoms with Gasteiger partial charge in [-0.25, -0.2) is 4.79 Å². The molecular formula is C15H20N2O2. The molecule has 0 spiro atoms. The molecule has 2 rings (SSSR count). The van der Waals surface area contributed by atoms with Crippen LogP contribution in [0.4, 0.5) is 0 Å². The second kappa shape index (κ2) is 5.55. The van der Waals surface area contributed by atoms with E-state index in [1.807, 2.05) is 27.0 Å². The van der Waals surface area contributed by atoms with Crippen molar-refractivity contribution in [3.8, 4) is 0 Å². The molecule has 1 heterocycles. The Balaban J connectivity index is 2.55. The predicted molar refractivity (Wildman–Crippen MR) is 77.3 cm³/mol. The number of rotatable bonds is 4. The van der Waals surface area contributed by atoms with Gasteiger partial charge in [-0.2, -0.15) is 0 Å². The van der Waals surface area contributed by atoms with Crippen LogP contribution in [-0.2, 0) is 6.54 Å². The van der Waals surface area contributed by atoms with Gasteiger partial charge in [0.1, 0.15) is 5.58 Å². The molecule has 0 radical (unpaired) electrons. The van der Waals surface area contributed by atoms with E-state index in [0.717, 1.165) is 28.6 Å². The summed E-state index contributed by atoms with van der Waals surface area (Å²) in [5.41, 5.74) is 9.10. The second-order valence-corrected chi connectivity index (χ2v) is 5.00. The van der Waals surface area contributed by atoms with Crippen molar-refractivity contribution >= 4 is 11.0 Å². The zero-order valence-electron chi connectivity index (χ0n) is 11.7. The van der Waals surface area contributed by atoms with Gasteiger partial charge >= 0.3 is 5.63 Å². The van der Waals surface area contributed by atoms with Crippen LogP contribution in [0.1, 0.15) is 16.7 Å². The van der Waals surface area contributed by atoms with E-state index >= 15 is 0 Å². The van der Waals surface area contributed by atoms with Crippen LogP contribution >= 0.6 is 0 Å². The summed E-state index contributed by atoms with van der Waals surface area (Å²) < 4.78 is 5.36. The first-order valence-corrected chi connectivity index (χ1v) is 6.44. The summed E-state index contributed by atoms with van der Waals surface area (Å²) in [4.78, 5) is 13.8. The number of hydrogen-bond acceptors (Lipinski definition) is 4. The van der Waals surface area contributed by atoms with Crippen LogP contribution in [0.15, 0.2) is 27.4 Å². The molecule has 0 aliphatic heterocycles. The molecule has 0 saturated carbocycles. The summed E-state index contributed by atoms with van der Waals surface area (Å²) in [6, 6.07) is 5.65. The van der Waals surface area contributed by atoms with E-state index in [9.17, 15) is 4.79 Å². The third-order valence-corrected chi connectivity index (χ3v) is 3.47. The van der Waals surface area contributed by atoms with Crippen LogP contribution in [0.25, 0.3) is 11.0 Å². The maximum absolute atomic E-state index is 11.7. The lowest BCUT2D eigenvalue weighted by molar-refractivity contribution is 0.336. The summed E-state index contributed by atoms with van der Waals surface area (Å²) in [7, 11) is 1.99. The summed E-state index contributed by atoms with van der Waals surface area (Å²) in [5.74, 6) is 0. The fourth-order valence-electron chi connectivity index (χ4n) is 2.25. The minimum atomic E-state index is -0.294. The molecule has 102 valence electrons. The Labute approximate surface area is 112 Å². The van der Waals surface area contributed by atoms with Gasteiger partial charge in [-0.15, -0.1) is 0 Å². The van der Waals surface area contributed by atoms with Crippen LogP contribution in [0.3, 0.4) is 0 Å². The normalized spacial score (nSPS) is 11.4. The molecule has 0 aliphatic carbocycles. The summed E-state index contributed by atoms with van der Waals surface area (Å²) >= 11 is 0. The van der Waals surface area contributed by atoms with Crippen molar-refractivity contribution in [2.45, 2.75) is 20.4 Å². The van der Waals surface area contributed by atoms with Gasteiger partial charge in [0.05, 0.1) is 0 Å². The lowest BCUT2D eigenvalue weighted by Crippen LogP contribution is -2.25. The minimum Gasteiger partial charge on any atom is -0.422 e. The lowest BCUT2D eigenvalue weighted by Gasteiger charge is -2.16. The molecule has 19 heavy (non-hydrogen) atoms. The Morgan fingerprint density at radius 2 is 2.05 bits per heavy atom. The summed E-state index contributed by atoms with van der Waals surface area (Å²) in [6.45, 7) is 6.10. The molecule has 2 N–H and O–H groups in total. The molecule has 1 aromatic carbocycles. The van der Waals surface area contributed by atoms with E-state index in [0.29, 0.717) is 18.7 Å². The molecule has 4 nitrogen and oxygen atoms in total. The predicted octanol–water partition coefficient (Wildman–Crippen LogP) is 1.80. The quantitative estimate of drug-likeness (QED) is 0.852. The molecule has 2 aromatic rings. The Morgan fingerprint density at radius 3 is 2.74 bits per heavy atom. The zero-order valence-corrected chi connectivity index (χ0v) is 11.7. The van der Waals surface area contributed by atoms with E-state index in [1.165, 1.54) is 0 Å². The number of likely N-dealkylation sites (N-methyl/N-ethyl adjacent to an activating group) is 1. The molecule has 0 saturated heterocycles. The van der Waals surface area contributed by atoms with E-state index in [2.05, 4.69) is 11.0 Å². The van der Waals surface area contributed by atoms with Crippen molar-refractivity contribution < 1.29 is 4.42 Å². The minimum absolute atomic E-state index is 0.294. The Morgan fingerprint density at radius 1 is 1.32 bits per heavy atom. The number of hydrogen-bond donors (Lipinski definition) is 1. The smallest absolute Gasteiger partial charge is 0.336 e. The van der Waals surface area contributed by atoms with Gasteiger partial charge in [0.2, 0.25) is 0 Å². The van der Waals surface area contributed by atoms with Crippen molar-refractivity contribution in [1.82, 2.24) is 4.90 Å². The molecule has 0 unspecified atom stereocenters. The highest BCUT2D eigenvalue weighted by atomic mass is 16.4. The summed E-state index contributed by atoms with van der Waals surface area (Å²) in [6.07, 6.45) is 0. The van der Waals surface area contributed by atoms with Crippen LogP contribution < -0.4 is 11.4 Å². The van der Waals surface area contributed by atoms with Gasteiger partial charge in [-0.1, -0.05) is 12.1 Å². The highest BCUT2D eigenvalue weighted by Crippen LogP contribution is 2.23. The maximum atomic E-state index is 11.7. The number of nitrogens with two attached hydrogens (primary N) is 1. The highest BCUT2D eigenvalue weighted by molar-refractivity contribution is 5.83. The fourth-order valence-corrected chi connectivity index (χ4v) is 2.25. The van der Waals surface area contributed by atoms with Crippen LogP contribution in [0, 0.1) is 13.8 Å². The van der Waals surface area contributed by atoms with Crippen molar-refractivity contribution in [2.75, 3.05) is 20.1 Å². The van der Waals surface area contributed by atoms with Crippen LogP contribution in [0.2, 0.25) is 0 Å². The number of fused-ring (bicyclic) bond motifs is 1. The Hall–Kier alpha value is -1.65. The third-order valence-electron chi connectivity index (χ3n) is 3.47. The monoisotopic (exact) mass is 260 g/mol.